The minimum absolute atomic E-state index is 0.211. The highest BCUT2D eigenvalue weighted by atomic mass is 16.5. The standard InChI is InChI=1S/C33H31N3O4/c1-4-35(22-26-19-12-11-14-23(26)2)33(39)36-31(37)27-20-13-21-28(29(27)34(36)3)32(38)40-30(24-15-7-5-8-16-24)25-17-9-6-10-18-25/h5-21,30H,4,22H2,1-3H3. The first-order chi connectivity index (χ1) is 19.4. The summed E-state index contributed by atoms with van der Waals surface area (Å²) in [6, 6.07) is 31.3. The van der Waals surface area contributed by atoms with Gasteiger partial charge in [-0.25, -0.2) is 9.59 Å². The molecule has 0 aliphatic rings. The zero-order chi connectivity index (χ0) is 28.2. The number of aromatic nitrogens is 2. The molecule has 0 radical (unpaired) electrons. The van der Waals surface area contributed by atoms with Crippen molar-refractivity contribution in [1.29, 1.82) is 0 Å². The summed E-state index contributed by atoms with van der Waals surface area (Å²) in [5.41, 5.74) is 3.79. The van der Waals surface area contributed by atoms with Crippen molar-refractivity contribution in [3.8, 4) is 0 Å². The zero-order valence-corrected chi connectivity index (χ0v) is 22.8. The lowest BCUT2D eigenvalue weighted by Gasteiger charge is -2.23. The predicted molar refractivity (Wildman–Crippen MR) is 155 cm³/mol. The van der Waals surface area contributed by atoms with Crippen molar-refractivity contribution in [2.45, 2.75) is 26.5 Å². The summed E-state index contributed by atoms with van der Waals surface area (Å²) in [4.78, 5) is 42.5. The Kier molecular flexibility index (Phi) is 7.64. The average molecular weight is 534 g/mol. The number of carbonyl (C=O) groups excluding carboxylic acids is 2. The van der Waals surface area contributed by atoms with Gasteiger partial charge in [-0.3, -0.25) is 9.48 Å². The molecular weight excluding hydrogens is 502 g/mol. The molecule has 202 valence electrons. The van der Waals surface area contributed by atoms with Crippen LogP contribution in [0.1, 0.15) is 45.6 Å². The highest BCUT2D eigenvalue weighted by Gasteiger charge is 2.27. The average Bonchev–Trinajstić information content (AvgIpc) is 3.25. The van der Waals surface area contributed by atoms with Gasteiger partial charge in [0.05, 0.1) is 16.5 Å². The van der Waals surface area contributed by atoms with E-state index in [-0.39, 0.29) is 10.9 Å². The quantitative estimate of drug-likeness (QED) is 0.238. The molecule has 1 heterocycles. The number of esters is 1. The van der Waals surface area contributed by atoms with Crippen molar-refractivity contribution in [1.82, 2.24) is 14.3 Å². The van der Waals surface area contributed by atoms with Crippen LogP contribution in [0.15, 0.2) is 108 Å². The van der Waals surface area contributed by atoms with Crippen molar-refractivity contribution >= 4 is 22.9 Å². The number of hydrogen-bond acceptors (Lipinski definition) is 4. The Labute approximate surface area is 232 Å². The Morgan fingerprint density at radius 3 is 2.02 bits per heavy atom. The number of fused-ring (bicyclic) bond motifs is 1. The van der Waals surface area contributed by atoms with Gasteiger partial charge in [0, 0.05) is 20.1 Å². The SMILES string of the molecule is CCN(Cc1ccccc1C)C(=O)n1c(=O)c2cccc(C(=O)OC(c3ccccc3)c3ccccc3)c2n1C. The van der Waals surface area contributed by atoms with Crippen LogP contribution in [-0.2, 0) is 18.3 Å². The van der Waals surface area contributed by atoms with E-state index in [4.69, 9.17) is 4.74 Å². The number of aryl methyl sites for hydroxylation is 2. The Balaban J connectivity index is 1.53. The summed E-state index contributed by atoms with van der Waals surface area (Å²) in [7, 11) is 1.62. The molecule has 0 aliphatic carbocycles. The molecule has 1 aromatic heterocycles. The lowest BCUT2D eigenvalue weighted by molar-refractivity contribution is 0.0379. The molecule has 5 rings (SSSR count). The van der Waals surface area contributed by atoms with E-state index in [1.54, 1.807) is 30.1 Å². The second kappa shape index (κ2) is 11.5. The predicted octanol–water partition coefficient (Wildman–Crippen LogP) is 6.09. The van der Waals surface area contributed by atoms with Gasteiger partial charge in [0.2, 0.25) is 0 Å². The third-order valence-corrected chi connectivity index (χ3v) is 7.19. The summed E-state index contributed by atoms with van der Waals surface area (Å²) in [6.45, 7) is 4.64. The summed E-state index contributed by atoms with van der Waals surface area (Å²) in [5, 5.41) is 0.271. The fourth-order valence-corrected chi connectivity index (χ4v) is 4.99. The molecular formula is C33H31N3O4. The first-order valence-corrected chi connectivity index (χ1v) is 13.3. The van der Waals surface area contributed by atoms with Gasteiger partial charge >= 0.3 is 12.0 Å². The molecule has 1 amide bonds. The topological polar surface area (TPSA) is 73.5 Å². The summed E-state index contributed by atoms with van der Waals surface area (Å²) in [5.74, 6) is -0.587. The van der Waals surface area contributed by atoms with E-state index in [2.05, 4.69) is 0 Å². The van der Waals surface area contributed by atoms with Crippen molar-refractivity contribution in [3.05, 3.63) is 141 Å². The van der Waals surface area contributed by atoms with Crippen LogP contribution >= 0.6 is 0 Å². The molecule has 0 N–H and O–H groups in total. The largest absolute Gasteiger partial charge is 0.449 e. The Hall–Kier alpha value is -4.91. The van der Waals surface area contributed by atoms with Gasteiger partial charge in [0.25, 0.3) is 5.56 Å². The Morgan fingerprint density at radius 2 is 1.43 bits per heavy atom. The van der Waals surface area contributed by atoms with Gasteiger partial charge < -0.3 is 9.64 Å². The maximum absolute atomic E-state index is 13.7. The van der Waals surface area contributed by atoms with Gasteiger partial charge in [0.15, 0.2) is 6.10 Å². The maximum Gasteiger partial charge on any atom is 0.346 e. The maximum atomic E-state index is 13.7. The second-order valence-corrected chi connectivity index (χ2v) is 9.67. The monoisotopic (exact) mass is 533 g/mol. The highest BCUT2D eigenvalue weighted by molar-refractivity contribution is 6.03. The van der Waals surface area contributed by atoms with Gasteiger partial charge in [0.1, 0.15) is 0 Å². The van der Waals surface area contributed by atoms with Crippen LogP contribution < -0.4 is 5.56 Å². The summed E-state index contributed by atoms with van der Waals surface area (Å²) in [6.07, 6.45) is -0.643. The molecule has 0 saturated heterocycles. The van der Waals surface area contributed by atoms with E-state index in [0.717, 1.165) is 26.9 Å². The van der Waals surface area contributed by atoms with Crippen molar-refractivity contribution in [2.24, 2.45) is 7.05 Å². The third-order valence-electron chi connectivity index (χ3n) is 7.19. The Morgan fingerprint density at radius 1 is 0.825 bits per heavy atom. The van der Waals surface area contributed by atoms with Crippen LogP contribution in [0, 0.1) is 6.92 Å². The minimum atomic E-state index is -0.643. The van der Waals surface area contributed by atoms with Crippen LogP contribution in [0.2, 0.25) is 0 Å². The van der Waals surface area contributed by atoms with Gasteiger partial charge in [-0.15, -0.1) is 0 Å². The molecule has 40 heavy (non-hydrogen) atoms. The number of amides is 1. The molecule has 0 spiro atoms. The van der Waals surface area contributed by atoms with Crippen LogP contribution in [0.5, 0.6) is 0 Å². The second-order valence-electron chi connectivity index (χ2n) is 9.67. The first-order valence-electron chi connectivity index (χ1n) is 13.3. The van der Waals surface area contributed by atoms with Gasteiger partial charge in [-0.1, -0.05) is 91.0 Å². The van der Waals surface area contributed by atoms with Gasteiger partial charge in [-0.05, 0) is 48.2 Å². The normalized spacial score (nSPS) is 11.1. The molecule has 0 saturated carbocycles. The van der Waals surface area contributed by atoms with E-state index >= 15 is 0 Å². The molecule has 0 unspecified atom stereocenters. The molecule has 0 aliphatic heterocycles. The molecule has 0 atom stereocenters. The van der Waals surface area contributed by atoms with E-state index in [1.807, 2.05) is 98.8 Å². The van der Waals surface area contributed by atoms with Crippen LogP contribution in [-0.4, -0.2) is 32.8 Å². The molecule has 7 nitrogen and oxygen atoms in total. The van der Waals surface area contributed by atoms with Crippen molar-refractivity contribution < 1.29 is 14.3 Å². The van der Waals surface area contributed by atoms with E-state index in [1.165, 1.54) is 4.68 Å². The fraction of sp³-hybridized carbons (Fsp3) is 0.182. The van der Waals surface area contributed by atoms with Gasteiger partial charge in [-0.2, -0.15) is 4.68 Å². The summed E-state index contributed by atoms with van der Waals surface area (Å²) >= 11 is 0. The van der Waals surface area contributed by atoms with Crippen molar-refractivity contribution in [3.63, 3.8) is 0 Å². The Bertz CT molecular complexity index is 1680. The number of carbonyl (C=O) groups is 2. The number of rotatable bonds is 7. The fourth-order valence-electron chi connectivity index (χ4n) is 4.99. The molecule has 5 aromatic rings. The van der Waals surface area contributed by atoms with Crippen LogP contribution in [0.4, 0.5) is 4.79 Å². The third kappa shape index (κ3) is 5.06. The number of benzene rings is 4. The molecule has 4 aromatic carbocycles. The van der Waals surface area contributed by atoms with Crippen molar-refractivity contribution in [2.75, 3.05) is 6.54 Å². The summed E-state index contributed by atoms with van der Waals surface area (Å²) < 4.78 is 8.63. The number of para-hydroxylation sites is 1. The van der Waals surface area contributed by atoms with E-state index in [9.17, 15) is 14.4 Å². The van der Waals surface area contributed by atoms with Crippen LogP contribution in [0.3, 0.4) is 0 Å². The number of hydrogen-bond donors (Lipinski definition) is 0. The smallest absolute Gasteiger partial charge is 0.346 e. The number of nitrogens with zero attached hydrogens (tertiary/aromatic N) is 3. The van der Waals surface area contributed by atoms with E-state index in [0.29, 0.717) is 18.6 Å². The highest BCUT2D eigenvalue weighted by Crippen LogP contribution is 2.28. The van der Waals surface area contributed by atoms with E-state index < -0.39 is 23.7 Å². The first kappa shape index (κ1) is 26.7. The molecule has 0 fully saturated rings. The van der Waals surface area contributed by atoms with Crippen LogP contribution in [0.25, 0.3) is 10.9 Å². The number of ether oxygens (including phenoxy) is 1. The zero-order valence-electron chi connectivity index (χ0n) is 22.8. The molecule has 0 bridgehead atoms. The molecule has 7 heteroatoms. The minimum Gasteiger partial charge on any atom is -0.449 e. The lowest BCUT2D eigenvalue weighted by Crippen LogP contribution is -2.41. The lowest BCUT2D eigenvalue weighted by atomic mass is 10.0.